The van der Waals surface area contributed by atoms with Gasteiger partial charge in [0.1, 0.15) is 13.7 Å². The van der Waals surface area contributed by atoms with Crippen LogP contribution < -0.4 is 11.0 Å². The maximum absolute atomic E-state index is 13.6. The Labute approximate surface area is 159 Å². The number of aryl methyl sites for hydroxylation is 1. The van der Waals surface area contributed by atoms with Crippen LogP contribution in [0.1, 0.15) is 29.9 Å². The van der Waals surface area contributed by atoms with Crippen molar-refractivity contribution < 1.29 is 0 Å². The summed E-state index contributed by atoms with van der Waals surface area (Å²) in [6.45, 7) is 2.05. The van der Waals surface area contributed by atoms with E-state index in [-0.39, 0.29) is 11.6 Å². The molecule has 0 unspecified atom stereocenters. The van der Waals surface area contributed by atoms with Crippen LogP contribution in [0.4, 0.5) is 0 Å². The molecular weight excluding hydrogens is 331 g/mol. The van der Waals surface area contributed by atoms with Crippen LogP contribution in [0, 0.1) is 0 Å². The first-order chi connectivity index (χ1) is 13.2. The second kappa shape index (κ2) is 7.24. The van der Waals surface area contributed by atoms with E-state index in [0.29, 0.717) is 11.8 Å². The zero-order chi connectivity index (χ0) is 18.8. The predicted molar refractivity (Wildman–Crippen MR) is 114 cm³/mol. The summed E-state index contributed by atoms with van der Waals surface area (Å²) in [5, 5.41) is 0.670. The van der Waals surface area contributed by atoms with E-state index >= 15 is 0 Å². The van der Waals surface area contributed by atoms with Crippen molar-refractivity contribution in [3.05, 3.63) is 106 Å². The summed E-state index contributed by atoms with van der Waals surface area (Å²) >= 11 is 0. The minimum absolute atomic E-state index is 0.0123. The topological polar surface area (TPSA) is 34.9 Å². The van der Waals surface area contributed by atoms with Gasteiger partial charge in [0.05, 0.1) is 16.9 Å². The maximum atomic E-state index is 13.6. The molecule has 3 nitrogen and oxygen atoms in total. The van der Waals surface area contributed by atoms with Crippen molar-refractivity contribution in [2.24, 2.45) is 0 Å². The standard InChI is InChI=1S/C23H21BN2O/c1-2-21-25-20-14-13-18(24)15-19(20)23(27)26(21)22(16-9-5-3-6-10-16)17-11-7-4-8-12-17/h3-15,22H,2,24H2,1H3. The Hall–Kier alpha value is -3.14. The van der Waals surface area contributed by atoms with Crippen LogP contribution >= 0.6 is 0 Å². The quantitative estimate of drug-likeness (QED) is 0.530. The number of hydrogen-bond acceptors (Lipinski definition) is 2. The smallest absolute Gasteiger partial charge is 0.262 e. The molecule has 4 aromatic rings. The van der Waals surface area contributed by atoms with E-state index in [1.807, 2.05) is 73.9 Å². The Bertz CT molecular complexity index is 1100. The van der Waals surface area contributed by atoms with Crippen LogP contribution in [0.2, 0.25) is 0 Å². The third-order valence-electron chi connectivity index (χ3n) is 4.93. The van der Waals surface area contributed by atoms with Gasteiger partial charge in [-0.25, -0.2) is 4.98 Å². The van der Waals surface area contributed by atoms with Crippen LogP contribution in [0.3, 0.4) is 0 Å². The van der Waals surface area contributed by atoms with Crippen LogP contribution in [-0.4, -0.2) is 17.4 Å². The number of rotatable bonds is 4. The summed E-state index contributed by atoms with van der Waals surface area (Å²) in [4.78, 5) is 18.4. The Kier molecular flexibility index (Phi) is 4.63. The van der Waals surface area contributed by atoms with Gasteiger partial charge >= 0.3 is 0 Å². The summed E-state index contributed by atoms with van der Waals surface area (Å²) in [7, 11) is 2.00. The van der Waals surface area contributed by atoms with Gasteiger partial charge in [-0.3, -0.25) is 9.36 Å². The Morgan fingerprint density at radius 2 is 1.52 bits per heavy atom. The zero-order valence-corrected chi connectivity index (χ0v) is 15.6. The van der Waals surface area contributed by atoms with Gasteiger partial charge in [-0.1, -0.05) is 85.2 Å². The lowest BCUT2D eigenvalue weighted by Gasteiger charge is -2.24. The van der Waals surface area contributed by atoms with Crippen molar-refractivity contribution >= 4 is 24.2 Å². The van der Waals surface area contributed by atoms with Crippen molar-refractivity contribution in [3.63, 3.8) is 0 Å². The number of nitrogens with zero attached hydrogens (tertiary/aromatic N) is 2. The van der Waals surface area contributed by atoms with Gasteiger partial charge in [0.2, 0.25) is 0 Å². The van der Waals surface area contributed by atoms with Crippen LogP contribution in [0.25, 0.3) is 10.9 Å². The normalized spacial score (nSPS) is 11.2. The molecule has 27 heavy (non-hydrogen) atoms. The van der Waals surface area contributed by atoms with Gasteiger partial charge in [0.15, 0.2) is 0 Å². The fraction of sp³-hybridized carbons (Fsp3) is 0.130. The molecule has 0 amide bonds. The molecule has 4 heteroatoms. The molecule has 4 rings (SSSR count). The third kappa shape index (κ3) is 3.19. The first-order valence-electron chi connectivity index (χ1n) is 9.30. The number of fused-ring (bicyclic) bond motifs is 1. The summed E-state index contributed by atoms with van der Waals surface area (Å²) < 4.78 is 1.87. The molecule has 1 heterocycles. The summed E-state index contributed by atoms with van der Waals surface area (Å²) in [6, 6.07) is 26.0. The zero-order valence-electron chi connectivity index (χ0n) is 15.6. The molecule has 0 aliphatic carbocycles. The van der Waals surface area contributed by atoms with E-state index < -0.39 is 0 Å². The molecule has 0 aliphatic rings. The summed E-state index contributed by atoms with van der Waals surface area (Å²) in [5.41, 5.74) is 3.99. The summed E-state index contributed by atoms with van der Waals surface area (Å²) in [5.74, 6) is 0.800. The lowest BCUT2D eigenvalue weighted by molar-refractivity contribution is 0.604. The average Bonchev–Trinajstić information content (AvgIpc) is 2.72. The van der Waals surface area contributed by atoms with Crippen LogP contribution in [-0.2, 0) is 6.42 Å². The fourth-order valence-corrected chi connectivity index (χ4v) is 3.64. The molecular formula is C23H21BN2O. The van der Waals surface area contributed by atoms with E-state index in [9.17, 15) is 4.79 Å². The lowest BCUT2D eigenvalue weighted by atomic mass is 9.94. The minimum Gasteiger partial charge on any atom is -0.284 e. The van der Waals surface area contributed by atoms with Crippen LogP contribution in [0.5, 0.6) is 0 Å². The predicted octanol–water partition coefficient (Wildman–Crippen LogP) is 2.86. The molecule has 0 fully saturated rings. The first-order valence-corrected chi connectivity index (χ1v) is 9.30. The van der Waals surface area contributed by atoms with Crippen molar-refractivity contribution in [1.82, 2.24) is 9.55 Å². The van der Waals surface area contributed by atoms with Crippen LogP contribution in [0.15, 0.2) is 83.7 Å². The van der Waals surface area contributed by atoms with E-state index in [1.165, 1.54) is 0 Å². The van der Waals surface area contributed by atoms with Crippen molar-refractivity contribution in [1.29, 1.82) is 0 Å². The number of hydrogen-bond donors (Lipinski definition) is 0. The van der Waals surface area contributed by atoms with E-state index in [0.717, 1.165) is 27.9 Å². The van der Waals surface area contributed by atoms with Gasteiger partial charge < -0.3 is 0 Å². The second-order valence-corrected chi connectivity index (χ2v) is 6.80. The van der Waals surface area contributed by atoms with Gasteiger partial charge in [-0.05, 0) is 17.2 Å². The first kappa shape index (κ1) is 17.3. The van der Waals surface area contributed by atoms with E-state index in [1.54, 1.807) is 0 Å². The second-order valence-electron chi connectivity index (χ2n) is 6.80. The van der Waals surface area contributed by atoms with Gasteiger partial charge in [0, 0.05) is 6.42 Å². The van der Waals surface area contributed by atoms with Gasteiger partial charge in [-0.15, -0.1) is 0 Å². The highest BCUT2D eigenvalue weighted by Gasteiger charge is 2.22. The SMILES string of the molecule is Bc1ccc2nc(CC)n(C(c3ccccc3)c3ccccc3)c(=O)c2c1. The molecule has 0 bridgehead atoms. The van der Waals surface area contributed by atoms with Crippen molar-refractivity contribution in [2.75, 3.05) is 0 Å². The Balaban J connectivity index is 2.07. The highest BCUT2D eigenvalue weighted by atomic mass is 16.1. The molecule has 0 spiro atoms. The highest BCUT2D eigenvalue weighted by molar-refractivity contribution is 6.33. The molecule has 0 saturated carbocycles. The average molecular weight is 352 g/mol. The Morgan fingerprint density at radius 1 is 0.926 bits per heavy atom. The molecule has 0 saturated heterocycles. The molecule has 3 aromatic carbocycles. The third-order valence-corrected chi connectivity index (χ3v) is 4.93. The number of benzene rings is 3. The molecule has 0 aliphatic heterocycles. The largest absolute Gasteiger partial charge is 0.284 e. The van der Waals surface area contributed by atoms with Crippen molar-refractivity contribution in [2.45, 2.75) is 19.4 Å². The monoisotopic (exact) mass is 352 g/mol. The fourth-order valence-electron chi connectivity index (χ4n) is 3.64. The molecule has 0 radical (unpaired) electrons. The molecule has 0 atom stereocenters. The lowest BCUT2D eigenvalue weighted by Crippen LogP contribution is -2.31. The molecule has 0 N–H and O–H groups in total. The van der Waals surface area contributed by atoms with E-state index in [4.69, 9.17) is 4.98 Å². The number of aromatic nitrogens is 2. The van der Waals surface area contributed by atoms with Gasteiger partial charge in [-0.2, -0.15) is 0 Å². The maximum Gasteiger partial charge on any atom is 0.262 e. The summed E-state index contributed by atoms with van der Waals surface area (Å²) in [6.07, 6.45) is 0.690. The minimum atomic E-state index is -0.202. The highest BCUT2D eigenvalue weighted by Crippen LogP contribution is 2.27. The van der Waals surface area contributed by atoms with Crippen molar-refractivity contribution in [3.8, 4) is 0 Å². The molecule has 132 valence electrons. The van der Waals surface area contributed by atoms with E-state index in [2.05, 4.69) is 24.3 Å². The van der Waals surface area contributed by atoms with Gasteiger partial charge in [0.25, 0.3) is 5.56 Å². The molecule has 1 aromatic heterocycles. The Morgan fingerprint density at radius 3 is 2.07 bits per heavy atom.